The minimum atomic E-state index is -1.60. The first-order valence-electron chi connectivity index (χ1n) is 17.3. The number of non-ortho nitro benzene ring substituents is 1. The summed E-state index contributed by atoms with van der Waals surface area (Å²) < 4.78 is 4.97. The number of benzene rings is 3. The number of carbonyl (C=O) groups excluding carboxylic acids is 5. The van der Waals surface area contributed by atoms with Gasteiger partial charge >= 0.3 is 0 Å². The summed E-state index contributed by atoms with van der Waals surface area (Å²) in [4.78, 5) is 78.4. The molecule has 6 N–H and O–H groups in total. The van der Waals surface area contributed by atoms with Crippen LogP contribution in [0.2, 0.25) is 5.02 Å². The lowest BCUT2D eigenvalue weighted by Gasteiger charge is -2.28. The van der Waals surface area contributed by atoms with E-state index in [0.717, 1.165) is 12.1 Å². The number of hydrogen-bond donors (Lipinski definition) is 6. The molecule has 0 saturated carbocycles. The molecule has 290 valence electrons. The molecule has 0 aliphatic heterocycles. The molecule has 5 amide bonds. The molecule has 5 atom stereocenters. The minimum Gasteiger partial charge on any atom is -0.391 e. The lowest BCUT2D eigenvalue weighted by molar-refractivity contribution is -0.384. The molecule has 0 saturated heterocycles. The Morgan fingerprint density at radius 1 is 0.764 bits per heavy atom. The number of amides is 5. The number of nitrogens with one attached hydrogen (secondary N) is 5. The van der Waals surface area contributed by atoms with Gasteiger partial charge in [0, 0.05) is 31.0 Å². The molecule has 4 rings (SSSR count). The highest BCUT2D eigenvalue weighted by Crippen LogP contribution is 2.27. The monoisotopic (exact) mass is 775 g/mol. The number of hydrogen-bond acceptors (Lipinski definition) is 10. The molecule has 0 unspecified atom stereocenters. The Labute approximate surface area is 321 Å². The van der Waals surface area contributed by atoms with Crippen LogP contribution in [0.3, 0.4) is 0 Å². The molecule has 0 aliphatic rings. The van der Waals surface area contributed by atoms with Gasteiger partial charge < -0.3 is 36.2 Å². The average Bonchev–Trinajstić information content (AvgIpc) is 3.59. The number of nitro groups is 1. The van der Waals surface area contributed by atoms with Gasteiger partial charge in [-0.2, -0.15) is 0 Å². The van der Waals surface area contributed by atoms with Crippen molar-refractivity contribution in [2.75, 3.05) is 5.32 Å². The van der Waals surface area contributed by atoms with E-state index in [1.807, 2.05) is 0 Å². The third-order valence-corrected chi connectivity index (χ3v) is 8.72. The highest BCUT2D eigenvalue weighted by molar-refractivity contribution is 6.34. The predicted molar refractivity (Wildman–Crippen MR) is 202 cm³/mol. The number of aliphatic hydroxyl groups is 1. The maximum atomic E-state index is 13.9. The van der Waals surface area contributed by atoms with Crippen LogP contribution in [0, 0.1) is 23.0 Å². The van der Waals surface area contributed by atoms with Crippen LogP contribution >= 0.6 is 11.6 Å². The summed E-state index contributed by atoms with van der Waals surface area (Å²) in [7, 11) is 0. The molecule has 0 bridgehead atoms. The predicted octanol–water partition coefficient (Wildman–Crippen LogP) is 3.26. The molecule has 17 heteroatoms. The minimum absolute atomic E-state index is 0.0214. The van der Waals surface area contributed by atoms with Crippen molar-refractivity contribution in [2.24, 2.45) is 5.92 Å². The zero-order valence-corrected chi connectivity index (χ0v) is 31.2. The van der Waals surface area contributed by atoms with Crippen molar-refractivity contribution in [3.63, 3.8) is 0 Å². The van der Waals surface area contributed by atoms with E-state index < -0.39 is 70.6 Å². The normalized spacial score (nSPS) is 13.7. The van der Waals surface area contributed by atoms with E-state index in [-0.39, 0.29) is 34.9 Å². The maximum Gasteiger partial charge on any atom is 0.274 e. The third-order valence-electron chi connectivity index (χ3n) is 8.41. The first kappa shape index (κ1) is 41.6. The summed E-state index contributed by atoms with van der Waals surface area (Å²) in [5.41, 5.74) is 1.05. The lowest BCUT2D eigenvalue weighted by atomic mass is 10.00. The molecule has 0 aliphatic carbocycles. The number of aromatic nitrogens is 1. The van der Waals surface area contributed by atoms with E-state index in [0.29, 0.717) is 16.9 Å². The van der Waals surface area contributed by atoms with Gasteiger partial charge in [0.05, 0.1) is 21.7 Å². The second-order valence-electron chi connectivity index (χ2n) is 13.2. The van der Waals surface area contributed by atoms with Gasteiger partial charge in [0.25, 0.3) is 11.6 Å². The number of nitrogens with zero attached hydrogens (tertiary/aromatic N) is 2. The van der Waals surface area contributed by atoms with Crippen LogP contribution < -0.4 is 26.6 Å². The fourth-order valence-electron chi connectivity index (χ4n) is 5.46. The lowest BCUT2D eigenvalue weighted by Crippen LogP contribution is -2.61. The van der Waals surface area contributed by atoms with E-state index in [9.17, 15) is 39.2 Å². The van der Waals surface area contributed by atoms with Crippen LogP contribution in [-0.2, 0) is 32.0 Å². The number of aryl methyl sites for hydroxylation is 1. The molecule has 0 radical (unpaired) electrons. The summed E-state index contributed by atoms with van der Waals surface area (Å²) >= 11 is 6.21. The van der Waals surface area contributed by atoms with E-state index >= 15 is 0 Å². The summed E-state index contributed by atoms with van der Waals surface area (Å²) in [6.45, 7) is 6.29. The van der Waals surface area contributed by atoms with Crippen molar-refractivity contribution in [1.29, 1.82) is 0 Å². The van der Waals surface area contributed by atoms with Gasteiger partial charge in [0.15, 0.2) is 5.69 Å². The Kier molecular flexibility index (Phi) is 14.6. The van der Waals surface area contributed by atoms with Crippen molar-refractivity contribution in [3.05, 3.63) is 123 Å². The largest absolute Gasteiger partial charge is 0.391 e. The topological polar surface area (TPSA) is 235 Å². The molecular formula is C38H42ClN7O9. The van der Waals surface area contributed by atoms with Gasteiger partial charge in [-0.15, -0.1) is 0 Å². The van der Waals surface area contributed by atoms with Crippen LogP contribution in [0.15, 0.2) is 89.5 Å². The Bertz CT molecular complexity index is 1990. The molecular weight excluding hydrogens is 734 g/mol. The molecule has 3 aromatic carbocycles. The number of nitro benzene ring substituents is 1. The van der Waals surface area contributed by atoms with Gasteiger partial charge in [-0.25, -0.2) is 0 Å². The molecule has 55 heavy (non-hydrogen) atoms. The smallest absolute Gasteiger partial charge is 0.274 e. The van der Waals surface area contributed by atoms with Crippen LogP contribution in [0.1, 0.15) is 48.1 Å². The third kappa shape index (κ3) is 11.9. The van der Waals surface area contributed by atoms with Crippen molar-refractivity contribution in [2.45, 2.75) is 70.8 Å². The molecule has 4 aromatic rings. The van der Waals surface area contributed by atoms with Gasteiger partial charge in [-0.3, -0.25) is 34.1 Å². The van der Waals surface area contributed by atoms with E-state index in [4.69, 9.17) is 16.1 Å². The van der Waals surface area contributed by atoms with Crippen molar-refractivity contribution in [3.8, 4) is 0 Å². The molecule has 0 fully saturated rings. The SMILES string of the molecule is Cc1cc(C(=O)N[C@H](C(=O)N[C@@H](Cc2ccccc2)C(=O)N[C@H](C(=O)N[C@@H](Cc2ccccc2)C(=O)Nc2ccc([N+](=O)[O-])cc2Cl)[C@@H](C)O)C(C)C)no1. The highest BCUT2D eigenvalue weighted by atomic mass is 35.5. The summed E-state index contributed by atoms with van der Waals surface area (Å²) in [6.07, 6.45) is -1.52. The zero-order chi connectivity index (χ0) is 40.2. The Morgan fingerprint density at radius 3 is 1.78 bits per heavy atom. The number of anilines is 1. The summed E-state index contributed by atoms with van der Waals surface area (Å²) in [6, 6.07) is 17.1. The van der Waals surface area contributed by atoms with Gasteiger partial charge in [-0.1, -0.05) is 91.3 Å². The maximum absolute atomic E-state index is 13.9. The zero-order valence-electron chi connectivity index (χ0n) is 30.4. The van der Waals surface area contributed by atoms with Crippen LogP contribution in [0.25, 0.3) is 0 Å². The first-order valence-corrected chi connectivity index (χ1v) is 17.7. The number of carbonyl (C=O) groups is 5. The van der Waals surface area contributed by atoms with E-state index in [1.165, 1.54) is 19.1 Å². The van der Waals surface area contributed by atoms with Crippen LogP contribution in [0.5, 0.6) is 0 Å². The van der Waals surface area contributed by atoms with Crippen molar-refractivity contribution in [1.82, 2.24) is 26.4 Å². The Hall–Kier alpha value is -6.13. The fraction of sp³-hybridized carbons (Fsp3) is 0.316. The number of aliphatic hydroxyl groups excluding tert-OH is 1. The standard InChI is InChI=1S/C38H42ClN7O9/c1-21(2)32(43-36(50)31-17-22(3)55-45-31)37(51)41-30(19-25-13-9-6-10-14-25)35(49)44-33(23(4)47)38(52)42-29(18-24-11-7-5-8-12-24)34(48)40-28-16-15-26(46(53)54)20-27(28)39/h5-17,20-21,23,29-30,32-33,47H,18-19H2,1-4H3,(H,40,48)(H,41,51)(H,42,52)(H,43,50)(H,44,49)/t23-,29+,30+,32+,33+/m1/s1. The van der Waals surface area contributed by atoms with Gasteiger partial charge in [0.2, 0.25) is 23.6 Å². The van der Waals surface area contributed by atoms with E-state index in [2.05, 4.69) is 31.7 Å². The van der Waals surface area contributed by atoms with Crippen molar-refractivity contribution < 1.29 is 38.5 Å². The van der Waals surface area contributed by atoms with Crippen molar-refractivity contribution >= 4 is 52.5 Å². The average molecular weight is 776 g/mol. The van der Waals surface area contributed by atoms with Gasteiger partial charge in [0.1, 0.15) is 29.9 Å². The quantitative estimate of drug-likeness (QED) is 0.0677. The Morgan fingerprint density at radius 2 is 1.31 bits per heavy atom. The van der Waals surface area contributed by atoms with E-state index in [1.54, 1.807) is 81.4 Å². The second kappa shape index (κ2) is 19.3. The fourth-order valence-corrected chi connectivity index (χ4v) is 5.68. The first-order chi connectivity index (χ1) is 26.1. The second-order valence-corrected chi connectivity index (χ2v) is 13.6. The molecule has 0 spiro atoms. The highest BCUT2D eigenvalue weighted by Gasteiger charge is 2.34. The molecule has 16 nitrogen and oxygen atoms in total. The molecule has 1 aromatic heterocycles. The molecule has 1 heterocycles. The number of halogens is 1. The summed E-state index contributed by atoms with van der Waals surface area (Å²) in [5, 5.41) is 38.5. The van der Waals surface area contributed by atoms with Crippen LogP contribution in [0.4, 0.5) is 11.4 Å². The number of rotatable bonds is 17. The summed E-state index contributed by atoms with van der Waals surface area (Å²) in [5.74, 6) is -3.88. The van der Waals surface area contributed by atoms with Crippen LogP contribution in [-0.4, -0.2) is 75.0 Å². The Balaban J connectivity index is 1.55. The van der Waals surface area contributed by atoms with Gasteiger partial charge in [-0.05, 0) is 37.0 Å².